The average molecular weight is 492 g/mol. The second kappa shape index (κ2) is 8.14. The monoisotopic (exact) mass is 492 g/mol. The fourth-order valence-electron chi connectivity index (χ4n) is 5.37. The summed E-state index contributed by atoms with van der Waals surface area (Å²) in [5.41, 5.74) is 1.78. The molecule has 1 spiro atoms. The number of urea groups is 1. The first-order chi connectivity index (χ1) is 17.3. The number of carbonyl (C=O) groups is 5. The van der Waals surface area contributed by atoms with E-state index in [1.54, 1.807) is 29.3 Å². The quantitative estimate of drug-likeness (QED) is 0.479. The van der Waals surface area contributed by atoms with Gasteiger partial charge in [0.1, 0.15) is 6.04 Å². The van der Waals surface area contributed by atoms with Gasteiger partial charge in [-0.3, -0.25) is 24.5 Å². The number of carbonyl (C=O) groups excluding carboxylic acids is 5. The minimum absolute atomic E-state index is 0.172. The van der Waals surface area contributed by atoms with E-state index in [1.807, 2.05) is 0 Å². The van der Waals surface area contributed by atoms with Crippen molar-refractivity contribution in [3.05, 3.63) is 41.2 Å². The lowest BCUT2D eigenvalue weighted by atomic mass is 9.88. The van der Waals surface area contributed by atoms with E-state index < -0.39 is 11.9 Å². The van der Waals surface area contributed by atoms with Gasteiger partial charge in [-0.2, -0.15) is 0 Å². The van der Waals surface area contributed by atoms with Gasteiger partial charge in [0.15, 0.2) is 5.69 Å². The Morgan fingerprint density at radius 2 is 1.92 bits per heavy atom. The Labute approximate surface area is 205 Å². The highest BCUT2D eigenvalue weighted by molar-refractivity contribution is 6.05. The number of aromatic nitrogens is 3. The molecule has 13 heteroatoms. The number of likely N-dealkylation sites (tertiary alicyclic amines) is 1. The molecule has 4 aliphatic rings. The highest BCUT2D eigenvalue weighted by Crippen LogP contribution is 2.29. The summed E-state index contributed by atoms with van der Waals surface area (Å²) in [5, 5.41) is 16.2. The molecule has 2 aromatic rings. The van der Waals surface area contributed by atoms with Gasteiger partial charge in [-0.1, -0.05) is 5.21 Å². The smallest absolute Gasteiger partial charge is 0.315 e. The summed E-state index contributed by atoms with van der Waals surface area (Å²) in [6, 6.07) is 4.33. The number of fused-ring (bicyclic) bond motifs is 1. The van der Waals surface area contributed by atoms with E-state index in [2.05, 4.69) is 26.3 Å². The SMILES string of the molecule is O=C1CCC(N2Cc3cc(-n4cc(C(=O)N5CCC6(CC5)CNC(=O)N6)nn4)ccc3C2=O)C(=O)N1. The molecule has 3 saturated heterocycles. The number of hydrogen-bond donors (Lipinski definition) is 3. The maximum atomic E-state index is 13.0. The second-order valence-electron chi connectivity index (χ2n) is 9.67. The first-order valence-electron chi connectivity index (χ1n) is 11.9. The third-order valence-corrected chi connectivity index (χ3v) is 7.46. The Balaban J connectivity index is 1.15. The lowest BCUT2D eigenvalue weighted by Crippen LogP contribution is -2.53. The molecular formula is C23H24N8O5. The van der Waals surface area contributed by atoms with Crippen molar-refractivity contribution in [1.29, 1.82) is 0 Å². The van der Waals surface area contributed by atoms with Crippen molar-refractivity contribution in [2.45, 2.75) is 43.8 Å². The summed E-state index contributed by atoms with van der Waals surface area (Å²) < 4.78 is 1.49. The van der Waals surface area contributed by atoms with Crippen molar-refractivity contribution < 1.29 is 24.0 Å². The molecule has 6 rings (SSSR count). The molecule has 3 fully saturated rings. The first kappa shape index (κ1) is 22.2. The van der Waals surface area contributed by atoms with Crippen LogP contribution in [-0.2, 0) is 16.1 Å². The number of amides is 6. The van der Waals surface area contributed by atoms with Crippen molar-refractivity contribution in [2.24, 2.45) is 0 Å². The molecule has 0 aliphatic carbocycles. The summed E-state index contributed by atoms with van der Waals surface area (Å²) in [6.07, 6.45) is 3.37. The van der Waals surface area contributed by atoms with Crippen LogP contribution in [0, 0.1) is 0 Å². The van der Waals surface area contributed by atoms with Crippen molar-refractivity contribution in [2.75, 3.05) is 19.6 Å². The number of piperidine rings is 2. The average Bonchev–Trinajstić information content (AvgIpc) is 3.57. The zero-order valence-electron chi connectivity index (χ0n) is 19.3. The van der Waals surface area contributed by atoms with E-state index in [0.717, 1.165) is 5.56 Å². The normalized spacial score (nSPS) is 22.9. The Hall–Kier alpha value is -4.29. The lowest BCUT2D eigenvalue weighted by Gasteiger charge is -2.38. The van der Waals surface area contributed by atoms with Crippen molar-refractivity contribution in [3.8, 4) is 5.69 Å². The van der Waals surface area contributed by atoms with E-state index >= 15 is 0 Å². The Morgan fingerprint density at radius 1 is 1.11 bits per heavy atom. The van der Waals surface area contributed by atoms with E-state index in [4.69, 9.17) is 0 Å². The minimum atomic E-state index is -0.682. The van der Waals surface area contributed by atoms with E-state index in [1.165, 1.54) is 9.58 Å². The van der Waals surface area contributed by atoms with Crippen LogP contribution < -0.4 is 16.0 Å². The molecular weight excluding hydrogens is 468 g/mol. The highest BCUT2D eigenvalue weighted by atomic mass is 16.2. The predicted octanol–water partition coefficient (Wildman–Crippen LogP) is -0.684. The van der Waals surface area contributed by atoms with Crippen molar-refractivity contribution >= 4 is 29.7 Å². The number of hydrogen-bond acceptors (Lipinski definition) is 7. The van der Waals surface area contributed by atoms with Crippen LogP contribution in [0.1, 0.15) is 52.1 Å². The van der Waals surface area contributed by atoms with E-state index in [9.17, 15) is 24.0 Å². The molecule has 13 nitrogen and oxygen atoms in total. The van der Waals surface area contributed by atoms with E-state index in [0.29, 0.717) is 50.1 Å². The van der Waals surface area contributed by atoms with Gasteiger partial charge in [-0.15, -0.1) is 5.10 Å². The van der Waals surface area contributed by atoms with Crippen LogP contribution in [0.5, 0.6) is 0 Å². The molecule has 6 amide bonds. The van der Waals surface area contributed by atoms with Crippen LogP contribution in [0.3, 0.4) is 0 Å². The first-order valence-corrected chi connectivity index (χ1v) is 11.9. The Bertz CT molecular complexity index is 1310. The maximum Gasteiger partial charge on any atom is 0.315 e. The van der Waals surface area contributed by atoms with E-state index in [-0.39, 0.29) is 48.0 Å². The van der Waals surface area contributed by atoms with Crippen LogP contribution in [0.15, 0.2) is 24.4 Å². The van der Waals surface area contributed by atoms with Gasteiger partial charge in [0.2, 0.25) is 11.8 Å². The van der Waals surface area contributed by atoms with Gasteiger partial charge in [-0.05, 0) is 43.0 Å². The van der Waals surface area contributed by atoms with Crippen LogP contribution >= 0.6 is 0 Å². The molecule has 0 bridgehead atoms. The third-order valence-electron chi connectivity index (χ3n) is 7.46. The van der Waals surface area contributed by atoms with Gasteiger partial charge in [0.05, 0.1) is 17.4 Å². The number of nitrogens with zero attached hydrogens (tertiary/aromatic N) is 5. The maximum absolute atomic E-state index is 13.0. The second-order valence-corrected chi connectivity index (χ2v) is 9.67. The largest absolute Gasteiger partial charge is 0.337 e. The molecule has 0 radical (unpaired) electrons. The molecule has 4 aliphatic heterocycles. The fourth-order valence-corrected chi connectivity index (χ4v) is 5.37. The molecule has 1 atom stereocenters. The van der Waals surface area contributed by atoms with Crippen LogP contribution in [-0.4, -0.2) is 85.7 Å². The van der Waals surface area contributed by atoms with Gasteiger partial charge >= 0.3 is 6.03 Å². The minimum Gasteiger partial charge on any atom is -0.337 e. The lowest BCUT2D eigenvalue weighted by molar-refractivity contribution is -0.136. The van der Waals surface area contributed by atoms with Crippen molar-refractivity contribution in [3.63, 3.8) is 0 Å². The molecule has 36 heavy (non-hydrogen) atoms. The summed E-state index contributed by atoms with van der Waals surface area (Å²) in [6.45, 7) is 1.82. The van der Waals surface area contributed by atoms with Crippen molar-refractivity contribution in [1.82, 2.24) is 40.7 Å². The predicted molar refractivity (Wildman–Crippen MR) is 122 cm³/mol. The van der Waals surface area contributed by atoms with Gasteiger partial charge < -0.3 is 20.4 Å². The fraction of sp³-hybridized carbons (Fsp3) is 0.435. The standard InChI is InChI=1S/C23H24N8O5/c32-18-4-3-17(19(33)25-18)30-10-13-9-14(1-2-15(13)20(30)34)31-11-16(27-28-31)21(35)29-7-5-23(6-8-29)12-24-22(36)26-23/h1-2,9,11,17H,3-8,10,12H2,(H2,24,26,36)(H,25,32,33). The number of nitrogens with one attached hydrogen (secondary N) is 3. The molecule has 1 unspecified atom stereocenters. The van der Waals surface area contributed by atoms with Gasteiger partial charge in [-0.25, -0.2) is 9.48 Å². The highest BCUT2D eigenvalue weighted by Gasteiger charge is 2.42. The molecule has 186 valence electrons. The number of imide groups is 1. The number of rotatable bonds is 3. The third kappa shape index (κ3) is 3.67. The Kier molecular flexibility index (Phi) is 5.02. The zero-order chi connectivity index (χ0) is 25.0. The molecule has 0 saturated carbocycles. The van der Waals surface area contributed by atoms with Crippen LogP contribution in [0.4, 0.5) is 4.79 Å². The van der Waals surface area contributed by atoms with Gasteiger partial charge in [0, 0.05) is 38.2 Å². The summed E-state index contributed by atoms with van der Waals surface area (Å²) >= 11 is 0. The Morgan fingerprint density at radius 3 is 2.64 bits per heavy atom. The summed E-state index contributed by atoms with van der Waals surface area (Å²) in [5.74, 6) is -1.27. The molecule has 1 aromatic carbocycles. The summed E-state index contributed by atoms with van der Waals surface area (Å²) in [7, 11) is 0. The number of benzene rings is 1. The zero-order valence-corrected chi connectivity index (χ0v) is 19.3. The molecule has 1 aromatic heterocycles. The van der Waals surface area contributed by atoms with Crippen LogP contribution in [0.25, 0.3) is 5.69 Å². The molecule has 5 heterocycles. The molecule has 3 N–H and O–H groups in total. The van der Waals surface area contributed by atoms with Crippen LogP contribution in [0.2, 0.25) is 0 Å². The topological polar surface area (TPSA) is 159 Å². The van der Waals surface area contributed by atoms with Gasteiger partial charge in [0.25, 0.3) is 11.8 Å². The summed E-state index contributed by atoms with van der Waals surface area (Å²) in [4.78, 5) is 64.3.